The number of carbonyl (C=O) groups is 1. The Balaban J connectivity index is 1.81. The highest BCUT2D eigenvalue weighted by molar-refractivity contribution is 5.88. The number of ether oxygens (including phenoxy) is 5. The zero-order chi connectivity index (χ0) is 20.6. The van der Waals surface area contributed by atoms with Gasteiger partial charge in [0.05, 0.1) is 37.6 Å². The quantitative estimate of drug-likeness (QED) is 0.315. The molecule has 11 nitrogen and oxygen atoms in total. The van der Waals surface area contributed by atoms with Crippen molar-refractivity contribution in [1.29, 1.82) is 0 Å². The zero-order valence-corrected chi connectivity index (χ0v) is 15.5. The highest BCUT2D eigenvalue weighted by atomic mass is 16.8. The summed E-state index contributed by atoms with van der Waals surface area (Å²) in [6.45, 7) is 1.08. The normalized spacial score (nSPS) is 46.2. The number of fused-ring (bicyclic) bond motifs is 1. The minimum Gasteiger partial charge on any atom is -0.471 e. The van der Waals surface area contributed by atoms with Crippen LogP contribution < -0.4 is 0 Å². The molecule has 0 radical (unpaired) electrons. The van der Waals surface area contributed by atoms with Crippen molar-refractivity contribution < 1.29 is 54.0 Å². The lowest BCUT2D eigenvalue weighted by atomic mass is 9.77. The van der Waals surface area contributed by atoms with Crippen molar-refractivity contribution in [3.05, 3.63) is 11.8 Å². The first-order valence-corrected chi connectivity index (χ1v) is 9.01. The predicted octanol–water partition coefficient (Wildman–Crippen LogP) is -2.42. The van der Waals surface area contributed by atoms with Gasteiger partial charge in [-0.05, 0) is 6.92 Å². The van der Waals surface area contributed by atoms with E-state index in [1.165, 1.54) is 13.4 Å². The van der Waals surface area contributed by atoms with Crippen LogP contribution >= 0.6 is 0 Å². The number of esters is 1. The second kappa shape index (κ2) is 8.59. The van der Waals surface area contributed by atoms with E-state index in [1.54, 1.807) is 6.92 Å². The summed E-state index contributed by atoms with van der Waals surface area (Å²) in [4.78, 5) is 12.1. The van der Waals surface area contributed by atoms with Gasteiger partial charge < -0.3 is 49.2 Å². The fourth-order valence-electron chi connectivity index (χ4n) is 3.91. The van der Waals surface area contributed by atoms with Crippen LogP contribution in [0, 0.1) is 11.8 Å². The van der Waals surface area contributed by atoms with E-state index in [0.29, 0.717) is 0 Å². The van der Waals surface area contributed by atoms with Crippen LogP contribution in [0.1, 0.15) is 13.3 Å². The Morgan fingerprint density at radius 1 is 1.14 bits per heavy atom. The molecule has 2 saturated heterocycles. The first kappa shape index (κ1) is 21.4. The topological polar surface area (TPSA) is 164 Å². The Hall–Kier alpha value is -1.31. The Bertz CT molecular complexity index is 594. The van der Waals surface area contributed by atoms with Gasteiger partial charge in [0.15, 0.2) is 12.6 Å². The maximum Gasteiger partial charge on any atom is 0.337 e. The molecule has 0 aromatic heterocycles. The summed E-state index contributed by atoms with van der Waals surface area (Å²) in [7, 11) is 1.23. The molecule has 3 rings (SSSR count). The van der Waals surface area contributed by atoms with Crippen LogP contribution in [0.15, 0.2) is 11.8 Å². The van der Waals surface area contributed by atoms with Gasteiger partial charge in [0, 0.05) is 12.3 Å². The molecular weight excluding hydrogens is 380 g/mol. The van der Waals surface area contributed by atoms with E-state index in [-0.39, 0.29) is 12.0 Å². The van der Waals surface area contributed by atoms with Gasteiger partial charge in [0.1, 0.15) is 24.4 Å². The van der Waals surface area contributed by atoms with Crippen molar-refractivity contribution in [2.75, 3.05) is 13.7 Å². The Morgan fingerprint density at radius 2 is 1.86 bits per heavy atom. The van der Waals surface area contributed by atoms with Gasteiger partial charge in [-0.3, -0.25) is 0 Å². The number of hydrogen-bond donors (Lipinski definition) is 5. The molecule has 0 aliphatic carbocycles. The van der Waals surface area contributed by atoms with Crippen LogP contribution in [0.2, 0.25) is 0 Å². The molecule has 0 spiro atoms. The minimum atomic E-state index is -1.60. The highest BCUT2D eigenvalue weighted by Crippen LogP contribution is 2.42. The van der Waals surface area contributed by atoms with E-state index in [1.807, 2.05) is 0 Å². The molecule has 10 atom stereocenters. The first-order chi connectivity index (χ1) is 13.3. The predicted molar refractivity (Wildman–Crippen MR) is 88.0 cm³/mol. The molecule has 0 saturated carbocycles. The monoisotopic (exact) mass is 406 g/mol. The third-order valence-electron chi connectivity index (χ3n) is 5.41. The molecular formula is C17H26O11. The standard InChI is InChI=1S/C17H26O11/c1-6-11-7(3-10(19)26-6)8(15(23)24-2)5-25-16(11)28-17-14(22)13(21)12(20)9(4-18)27-17/h5-7,9-14,16-22H,3-4H2,1-2H3/t6-,7-,9+,10-,11-,12+,13-,14+,16+,17-/m1/s1. The average Bonchev–Trinajstić information content (AvgIpc) is 2.67. The maximum absolute atomic E-state index is 12.1. The van der Waals surface area contributed by atoms with Crippen LogP contribution in [-0.2, 0) is 28.5 Å². The molecule has 3 heterocycles. The minimum absolute atomic E-state index is 0.105. The van der Waals surface area contributed by atoms with Gasteiger partial charge in [0.25, 0.3) is 0 Å². The molecule has 5 N–H and O–H groups in total. The molecule has 11 heteroatoms. The second-order valence-corrected chi connectivity index (χ2v) is 7.12. The average molecular weight is 406 g/mol. The summed E-state index contributed by atoms with van der Waals surface area (Å²) in [5, 5.41) is 49.2. The van der Waals surface area contributed by atoms with Gasteiger partial charge in [-0.15, -0.1) is 0 Å². The summed E-state index contributed by atoms with van der Waals surface area (Å²) >= 11 is 0. The van der Waals surface area contributed by atoms with E-state index >= 15 is 0 Å². The second-order valence-electron chi connectivity index (χ2n) is 7.12. The fraction of sp³-hybridized carbons (Fsp3) is 0.824. The van der Waals surface area contributed by atoms with Crippen LogP contribution in [0.25, 0.3) is 0 Å². The zero-order valence-electron chi connectivity index (χ0n) is 15.5. The highest BCUT2D eigenvalue weighted by Gasteiger charge is 2.51. The Kier molecular flexibility index (Phi) is 6.57. The van der Waals surface area contributed by atoms with Crippen molar-refractivity contribution in [1.82, 2.24) is 0 Å². The molecule has 160 valence electrons. The first-order valence-electron chi connectivity index (χ1n) is 9.01. The Labute approximate surface area is 161 Å². The molecule has 0 bridgehead atoms. The molecule has 0 aromatic carbocycles. The largest absolute Gasteiger partial charge is 0.471 e. The molecule has 28 heavy (non-hydrogen) atoms. The number of aliphatic hydroxyl groups is 5. The van der Waals surface area contributed by atoms with Crippen molar-refractivity contribution in [2.24, 2.45) is 11.8 Å². The summed E-state index contributed by atoms with van der Waals surface area (Å²) < 4.78 is 26.8. The SMILES string of the molecule is COC(=O)C1=CO[C@@H](O[C@H]2O[C@@H](CO)[C@H](O)[C@@H](O)[C@@H]2O)[C@H]2[C@@H]1C[C@H](O)O[C@@H]2C. The van der Waals surface area contributed by atoms with Gasteiger partial charge in [-0.2, -0.15) is 0 Å². The van der Waals surface area contributed by atoms with E-state index in [0.717, 1.165) is 0 Å². The molecule has 0 unspecified atom stereocenters. The number of rotatable bonds is 4. The van der Waals surface area contributed by atoms with Crippen LogP contribution in [0.3, 0.4) is 0 Å². The van der Waals surface area contributed by atoms with E-state index < -0.39 is 73.8 Å². The van der Waals surface area contributed by atoms with Crippen LogP contribution in [-0.4, -0.2) is 94.6 Å². The third kappa shape index (κ3) is 3.89. The number of carbonyl (C=O) groups excluding carboxylic acids is 1. The van der Waals surface area contributed by atoms with Gasteiger partial charge >= 0.3 is 5.97 Å². The molecule has 2 fully saturated rings. The molecule has 0 amide bonds. The number of aliphatic hydroxyl groups excluding tert-OH is 5. The van der Waals surface area contributed by atoms with Gasteiger partial charge in [-0.1, -0.05) is 0 Å². The van der Waals surface area contributed by atoms with Crippen molar-refractivity contribution in [3.8, 4) is 0 Å². The van der Waals surface area contributed by atoms with Crippen molar-refractivity contribution in [2.45, 2.75) is 62.7 Å². The molecule has 0 aromatic rings. The van der Waals surface area contributed by atoms with Gasteiger partial charge in [-0.25, -0.2) is 4.79 Å². The Morgan fingerprint density at radius 3 is 2.50 bits per heavy atom. The number of hydrogen-bond acceptors (Lipinski definition) is 11. The van der Waals surface area contributed by atoms with Crippen molar-refractivity contribution in [3.63, 3.8) is 0 Å². The van der Waals surface area contributed by atoms with E-state index in [4.69, 9.17) is 23.7 Å². The van der Waals surface area contributed by atoms with Crippen LogP contribution in [0.4, 0.5) is 0 Å². The summed E-state index contributed by atoms with van der Waals surface area (Å²) in [5.41, 5.74) is 0.218. The van der Waals surface area contributed by atoms with E-state index in [2.05, 4.69) is 0 Å². The summed E-state index contributed by atoms with van der Waals surface area (Å²) in [6.07, 6.45) is -8.71. The summed E-state index contributed by atoms with van der Waals surface area (Å²) in [6, 6.07) is 0. The summed E-state index contributed by atoms with van der Waals surface area (Å²) in [5.74, 6) is -1.67. The van der Waals surface area contributed by atoms with Crippen LogP contribution in [0.5, 0.6) is 0 Å². The van der Waals surface area contributed by atoms with Gasteiger partial charge in [0.2, 0.25) is 6.29 Å². The van der Waals surface area contributed by atoms with Crippen molar-refractivity contribution >= 4 is 5.97 Å². The molecule has 3 aliphatic rings. The van der Waals surface area contributed by atoms with E-state index in [9.17, 15) is 30.3 Å². The lowest BCUT2D eigenvalue weighted by Gasteiger charge is -2.47. The lowest BCUT2D eigenvalue weighted by Crippen LogP contribution is -2.61. The number of methoxy groups -OCH3 is 1. The lowest BCUT2D eigenvalue weighted by molar-refractivity contribution is -0.352. The maximum atomic E-state index is 12.1. The fourth-order valence-corrected chi connectivity index (χ4v) is 3.91. The third-order valence-corrected chi connectivity index (χ3v) is 5.41. The molecule has 3 aliphatic heterocycles. The smallest absolute Gasteiger partial charge is 0.337 e.